The van der Waals surface area contributed by atoms with Crippen LogP contribution in [0.3, 0.4) is 0 Å². The van der Waals surface area contributed by atoms with Gasteiger partial charge in [-0.25, -0.2) is 15.4 Å². The summed E-state index contributed by atoms with van der Waals surface area (Å²) in [7, 11) is 0. The van der Waals surface area contributed by atoms with Crippen molar-refractivity contribution in [2.75, 3.05) is 24.5 Å². The highest BCUT2D eigenvalue weighted by atomic mass is 16.2. The van der Waals surface area contributed by atoms with Gasteiger partial charge in [0.1, 0.15) is 12.4 Å². The summed E-state index contributed by atoms with van der Waals surface area (Å²) in [5.41, 5.74) is 6.88. The van der Waals surface area contributed by atoms with E-state index in [4.69, 9.17) is 0 Å². The molecule has 3 fully saturated rings. The summed E-state index contributed by atoms with van der Waals surface area (Å²) < 4.78 is 0. The van der Waals surface area contributed by atoms with Gasteiger partial charge in [0.05, 0.1) is 24.0 Å². The summed E-state index contributed by atoms with van der Waals surface area (Å²) in [6.07, 6.45) is 6.48. The number of fused-ring (bicyclic) bond motifs is 1. The van der Waals surface area contributed by atoms with Crippen LogP contribution in [0, 0.1) is 11.8 Å². The molecule has 4 atom stereocenters. The van der Waals surface area contributed by atoms with E-state index in [1.54, 1.807) is 17.3 Å². The summed E-state index contributed by atoms with van der Waals surface area (Å²) >= 11 is 0. The highest BCUT2D eigenvalue weighted by Gasteiger charge is 2.46. The Balaban J connectivity index is 1.45. The van der Waals surface area contributed by atoms with Crippen LogP contribution in [0.25, 0.3) is 0 Å². The number of piperidine rings is 1. The van der Waals surface area contributed by atoms with E-state index < -0.39 is 0 Å². The lowest BCUT2D eigenvalue weighted by atomic mass is 9.88. The number of hydrazine groups is 1. The normalized spacial score (nSPS) is 33.0. The molecule has 4 heterocycles. The molecule has 3 saturated heterocycles. The molecule has 24 heavy (non-hydrogen) atoms. The zero-order valence-electron chi connectivity index (χ0n) is 13.7. The average molecular weight is 330 g/mol. The molecule has 0 aromatic carbocycles. The van der Waals surface area contributed by atoms with Gasteiger partial charge in [0.15, 0.2) is 0 Å². The number of carbonyl (C=O) groups is 2. The minimum Gasteiger partial charge on any atom is -0.340 e. The molecule has 4 unspecified atom stereocenters. The van der Waals surface area contributed by atoms with E-state index in [0.717, 1.165) is 18.5 Å². The van der Waals surface area contributed by atoms with Gasteiger partial charge in [-0.15, -0.1) is 0 Å². The van der Waals surface area contributed by atoms with E-state index in [1.807, 2.05) is 11.8 Å². The van der Waals surface area contributed by atoms with Gasteiger partial charge in [-0.2, -0.15) is 0 Å². The third-order valence-corrected chi connectivity index (χ3v) is 5.31. The van der Waals surface area contributed by atoms with Crippen molar-refractivity contribution in [2.24, 2.45) is 11.8 Å². The first kappa shape index (κ1) is 15.5. The maximum atomic E-state index is 12.9. The maximum absolute atomic E-state index is 12.9. The van der Waals surface area contributed by atoms with Crippen LogP contribution in [0.2, 0.25) is 0 Å². The first-order valence-electron chi connectivity index (χ1n) is 8.49. The lowest BCUT2D eigenvalue weighted by molar-refractivity contribution is -0.132. The van der Waals surface area contributed by atoms with Crippen LogP contribution >= 0.6 is 0 Å². The zero-order chi connectivity index (χ0) is 16.7. The van der Waals surface area contributed by atoms with Gasteiger partial charge in [-0.1, -0.05) is 0 Å². The fraction of sp³-hybridized carbons (Fsp3) is 0.625. The predicted molar refractivity (Wildman–Crippen MR) is 86.7 cm³/mol. The van der Waals surface area contributed by atoms with Crippen LogP contribution in [0.5, 0.6) is 0 Å². The monoisotopic (exact) mass is 330 g/mol. The van der Waals surface area contributed by atoms with Gasteiger partial charge in [0, 0.05) is 25.7 Å². The Morgan fingerprint density at radius 3 is 2.75 bits per heavy atom. The van der Waals surface area contributed by atoms with E-state index in [1.165, 1.54) is 6.33 Å². The second kappa shape index (κ2) is 6.10. The third kappa shape index (κ3) is 2.65. The smallest absolute Gasteiger partial charge is 0.241 e. The number of nitrogens with one attached hydrogen (secondary N) is 2. The molecular weight excluding hydrogens is 308 g/mol. The third-order valence-electron chi connectivity index (χ3n) is 5.31. The minimum absolute atomic E-state index is 0.0854. The molecule has 8 heteroatoms. The fourth-order valence-corrected chi connectivity index (χ4v) is 4.01. The van der Waals surface area contributed by atoms with Crippen LogP contribution in [0.4, 0.5) is 5.69 Å². The molecule has 1 aromatic heterocycles. The van der Waals surface area contributed by atoms with E-state index >= 15 is 0 Å². The Bertz CT molecular complexity index is 639. The summed E-state index contributed by atoms with van der Waals surface area (Å²) in [4.78, 5) is 37.1. The maximum Gasteiger partial charge on any atom is 0.241 e. The van der Waals surface area contributed by atoms with Gasteiger partial charge in [0.25, 0.3) is 0 Å². The number of amides is 2. The minimum atomic E-state index is -0.186. The van der Waals surface area contributed by atoms with Crippen molar-refractivity contribution >= 4 is 17.5 Å². The molecule has 0 spiro atoms. The number of carbonyl (C=O) groups excluding carboxylic acids is 2. The second-order valence-electron chi connectivity index (χ2n) is 6.96. The molecule has 2 amide bonds. The van der Waals surface area contributed by atoms with Crippen molar-refractivity contribution < 1.29 is 9.59 Å². The lowest BCUT2D eigenvalue weighted by Crippen LogP contribution is -2.46. The zero-order valence-corrected chi connectivity index (χ0v) is 13.7. The summed E-state index contributed by atoms with van der Waals surface area (Å²) in [6, 6.07) is 0.105. The summed E-state index contributed by atoms with van der Waals surface area (Å²) in [5, 5.41) is 0. The Hall–Kier alpha value is -2.06. The summed E-state index contributed by atoms with van der Waals surface area (Å²) in [5.74, 6) is 0.328. The van der Waals surface area contributed by atoms with Crippen LogP contribution in [0.1, 0.15) is 19.8 Å². The Kier molecular flexibility index (Phi) is 3.93. The van der Waals surface area contributed by atoms with Crippen molar-refractivity contribution in [2.45, 2.75) is 31.8 Å². The Morgan fingerprint density at radius 1 is 1.25 bits per heavy atom. The highest BCUT2D eigenvalue weighted by Crippen LogP contribution is 2.34. The molecule has 3 aliphatic rings. The predicted octanol–water partition coefficient (Wildman–Crippen LogP) is -0.457. The van der Waals surface area contributed by atoms with Crippen molar-refractivity contribution in [1.29, 1.82) is 0 Å². The molecule has 8 nitrogen and oxygen atoms in total. The lowest BCUT2D eigenvalue weighted by Gasteiger charge is -2.33. The number of anilines is 1. The van der Waals surface area contributed by atoms with Crippen LogP contribution in [0.15, 0.2) is 18.7 Å². The van der Waals surface area contributed by atoms with Gasteiger partial charge in [-0.3, -0.25) is 15.0 Å². The van der Waals surface area contributed by atoms with Gasteiger partial charge < -0.3 is 9.80 Å². The SMILES string of the molecule is CC1CC(C(=O)N2CC3CCN(c4cncnc4)C(=O)C3C2)NN1. The van der Waals surface area contributed by atoms with Crippen molar-refractivity contribution in [1.82, 2.24) is 25.7 Å². The molecular formula is C16H22N6O2. The second-order valence-corrected chi connectivity index (χ2v) is 6.96. The number of rotatable bonds is 2. The molecule has 0 bridgehead atoms. The molecule has 0 aliphatic carbocycles. The molecule has 4 rings (SSSR count). The van der Waals surface area contributed by atoms with Crippen molar-refractivity contribution in [3.63, 3.8) is 0 Å². The number of aromatic nitrogens is 2. The Morgan fingerprint density at radius 2 is 2.04 bits per heavy atom. The van der Waals surface area contributed by atoms with E-state index in [0.29, 0.717) is 25.7 Å². The highest BCUT2D eigenvalue weighted by molar-refractivity contribution is 5.96. The quantitative estimate of drug-likeness (QED) is 0.763. The van der Waals surface area contributed by atoms with Crippen LogP contribution < -0.4 is 15.8 Å². The van der Waals surface area contributed by atoms with Crippen LogP contribution in [-0.2, 0) is 9.59 Å². The van der Waals surface area contributed by atoms with E-state index in [9.17, 15) is 9.59 Å². The van der Waals surface area contributed by atoms with Crippen molar-refractivity contribution in [3.05, 3.63) is 18.7 Å². The molecule has 128 valence electrons. The molecule has 3 aliphatic heterocycles. The summed E-state index contributed by atoms with van der Waals surface area (Å²) in [6.45, 7) is 3.91. The number of hydrogen-bond acceptors (Lipinski definition) is 6. The van der Waals surface area contributed by atoms with Gasteiger partial charge in [0.2, 0.25) is 11.8 Å². The first-order chi connectivity index (χ1) is 11.6. The Labute approximate surface area is 140 Å². The molecule has 2 N–H and O–H groups in total. The molecule has 0 saturated carbocycles. The largest absolute Gasteiger partial charge is 0.340 e. The number of hydrogen-bond donors (Lipinski definition) is 2. The molecule has 1 aromatic rings. The van der Waals surface area contributed by atoms with E-state index in [-0.39, 0.29) is 29.7 Å². The van der Waals surface area contributed by atoms with Crippen LogP contribution in [-0.4, -0.2) is 58.4 Å². The fourth-order valence-electron chi connectivity index (χ4n) is 4.01. The van der Waals surface area contributed by atoms with Gasteiger partial charge >= 0.3 is 0 Å². The standard InChI is InChI=1S/C16H22N6O2/c1-10-4-14(20-19-10)16(24)21-7-11-2-3-22(15(23)13(11)8-21)12-5-17-9-18-6-12/h5-6,9-11,13-14,19-20H,2-4,7-8H2,1H3. The van der Waals surface area contributed by atoms with Crippen molar-refractivity contribution in [3.8, 4) is 0 Å². The van der Waals surface area contributed by atoms with Gasteiger partial charge in [-0.05, 0) is 25.7 Å². The average Bonchev–Trinajstić information content (AvgIpc) is 3.22. The topological polar surface area (TPSA) is 90.5 Å². The number of nitrogens with zero attached hydrogens (tertiary/aromatic N) is 4. The van der Waals surface area contributed by atoms with E-state index in [2.05, 4.69) is 20.8 Å². The first-order valence-corrected chi connectivity index (χ1v) is 8.49. The number of likely N-dealkylation sites (tertiary alicyclic amines) is 1. The molecule has 0 radical (unpaired) electrons.